The average molecular weight is 338 g/mol. The van der Waals surface area contributed by atoms with E-state index in [4.69, 9.17) is 27.3 Å². The summed E-state index contributed by atoms with van der Waals surface area (Å²) in [5.41, 5.74) is 7.83. The summed E-state index contributed by atoms with van der Waals surface area (Å²) >= 11 is 9.44. The number of halogens is 2. The normalized spacial score (nSPS) is 10.0. The number of rotatable bonds is 2. The van der Waals surface area contributed by atoms with Crippen LogP contribution in [0.15, 0.2) is 34.8 Å². The second kappa shape index (κ2) is 5.52. The lowest BCUT2D eigenvalue weighted by Crippen LogP contribution is -1.95. The molecule has 0 aliphatic heterocycles. The summed E-state index contributed by atoms with van der Waals surface area (Å²) < 4.78 is 6.63. The minimum Gasteiger partial charge on any atom is -0.453 e. The van der Waals surface area contributed by atoms with E-state index in [0.29, 0.717) is 27.8 Å². The third-order valence-corrected chi connectivity index (χ3v) is 3.29. The van der Waals surface area contributed by atoms with E-state index in [0.717, 1.165) is 10.0 Å². The molecule has 0 spiro atoms. The molecular weight excluding hydrogens is 328 g/mol. The number of nitrogens with two attached hydrogens (primary N) is 1. The summed E-state index contributed by atoms with van der Waals surface area (Å²) in [6.45, 7) is 1.90. The van der Waals surface area contributed by atoms with Gasteiger partial charge in [0.1, 0.15) is 5.75 Å². The minimum absolute atomic E-state index is 0.376. The first-order chi connectivity index (χ1) is 9.01. The van der Waals surface area contributed by atoms with Crippen LogP contribution in [-0.2, 0) is 0 Å². The summed E-state index contributed by atoms with van der Waals surface area (Å²) in [5, 5.41) is 9.16. The molecule has 96 valence electrons. The van der Waals surface area contributed by atoms with Crippen molar-refractivity contribution in [2.24, 2.45) is 0 Å². The predicted octanol–water partition coefficient (Wildman–Crippen LogP) is 4.66. The van der Waals surface area contributed by atoms with Gasteiger partial charge in [0, 0.05) is 4.47 Å². The van der Waals surface area contributed by atoms with Crippen molar-refractivity contribution in [2.75, 3.05) is 5.73 Å². The Morgan fingerprint density at radius 1 is 1.32 bits per heavy atom. The fraction of sp³-hybridized carbons (Fsp3) is 0.0714. The Labute approximate surface area is 124 Å². The van der Waals surface area contributed by atoms with Crippen molar-refractivity contribution in [3.63, 3.8) is 0 Å². The highest BCUT2D eigenvalue weighted by Crippen LogP contribution is 2.36. The van der Waals surface area contributed by atoms with Crippen molar-refractivity contribution in [3.05, 3.63) is 51.0 Å². The average Bonchev–Trinajstić information content (AvgIpc) is 2.35. The zero-order valence-corrected chi connectivity index (χ0v) is 12.4. The molecule has 5 heteroatoms. The number of nitrogens with zero attached hydrogens (tertiary/aromatic N) is 1. The van der Waals surface area contributed by atoms with E-state index in [9.17, 15) is 0 Å². The van der Waals surface area contributed by atoms with Gasteiger partial charge in [-0.1, -0.05) is 27.5 Å². The summed E-state index contributed by atoms with van der Waals surface area (Å²) in [5.74, 6) is 1.03. The van der Waals surface area contributed by atoms with Gasteiger partial charge < -0.3 is 10.5 Å². The Morgan fingerprint density at radius 2 is 2.05 bits per heavy atom. The molecule has 0 atom stereocenters. The Balaban J connectivity index is 2.40. The smallest absolute Gasteiger partial charge is 0.153 e. The highest BCUT2D eigenvalue weighted by Gasteiger charge is 2.10. The molecule has 0 heterocycles. The molecule has 0 bridgehead atoms. The molecule has 2 aromatic carbocycles. The van der Waals surface area contributed by atoms with Crippen molar-refractivity contribution in [1.82, 2.24) is 0 Å². The highest BCUT2D eigenvalue weighted by atomic mass is 79.9. The Morgan fingerprint density at radius 3 is 2.63 bits per heavy atom. The molecule has 2 N–H and O–H groups in total. The van der Waals surface area contributed by atoms with Gasteiger partial charge in [0.2, 0.25) is 0 Å². The zero-order valence-electron chi connectivity index (χ0n) is 10.1. The van der Waals surface area contributed by atoms with E-state index in [1.54, 1.807) is 24.3 Å². The highest BCUT2D eigenvalue weighted by molar-refractivity contribution is 9.10. The Kier molecular flexibility index (Phi) is 3.98. The standard InChI is InChI=1S/C14H10BrClN2O/c1-8-4-10(15)6-12(18)14(8)19-13-3-2-9(7-17)5-11(13)16/h2-6H,18H2,1H3. The molecule has 0 aliphatic carbocycles. The summed E-state index contributed by atoms with van der Waals surface area (Å²) in [7, 11) is 0. The van der Waals surface area contributed by atoms with E-state index in [1.807, 2.05) is 19.1 Å². The lowest BCUT2D eigenvalue weighted by atomic mass is 10.2. The van der Waals surface area contributed by atoms with E-state index in [2.05, 4.69) is 15.9 Å². The fourth-order valence-corrected chi connectivity index (χ4v) is 2.47. The fourth-order valence-electron chi connectivity index (χ4n) is 1.66. The number of anilines is 1. The number of hydrogen-bond donors (Lipinski definition) is 1. The van der Waals surface area contributed by atoms with Crippen LogP contribution in [0.3, 0.4) is 0 Å². The van der Waals surface area contributed by atoms with Gasteiger partial charge in [-0.15, -0.1) is 0 Å². The van der Waals surface area contributed by atoms with Crippen LogP contribution in [0.5, 0.6) is 11.5 Å². The van der Waals surface area contributed by atoms with Gasteiger partial charge in [-0.2, -0.15) is 5.26 Å². The summed E-state index contributed by atoms with van der Waals surface area (Å²) in [6, 6.07) is 10.5. The Hall–Kier alpha value is -1.70. The zero-order chi connectivity index (χ0) is 14.0. The molecule has 0 aromatic heterocycles. The van der Waals surface area contributed by atoms with Crippen LogP contribution in [0.25, 0.3) is 0 Å². The van der Waals surface area contributed by atoms with Crippen LogP contribution in [0.4, 0.5) is 5.69 Å². The van der Waals surface area contributed by atoms with Crippen molar-refractivity contribution in [2.45, 2.75) is 6.92 Å². The number of aryl methyl sites for hydroxylation is 1. The van der Waals surface area contributed by atoms with Gasteiger partial charge in [-0.25, -0.2) is 0 Å². The van der Waals surface area contributed by atoms with Crippen LogP contribution in [0.1, 0.15) is 11.1 Å². The van der Waals surface area contributed by atoms with Crippen LogP contribution < -0.4 is 10.5 Å². The maximum atomic E-state index is 8.79. The maximum Gasteiger partial charge on any atom is 0.153 e. The van der Waals surface area contributed by atoms with Crippen molar-refractivity contribution >= 4 is 33.2 Å². The van der Waals surface area contributed by atoms with Crippen molar-refractivity contribution < 1.29 is 4.74 Å². The van der Waals surface area contributed by atoms with Crippen LogP contribution in [0, 0.1) is 18.3 Å². The van der Waals surface area contributed by atoms with Crippen LogP contribution in [0.2, 0.25) is 5.02 Å². The third-order valence-electron chi connectivity index (χ3n) is 2.54. The predicted molar refractivity (Wildman–Crippen MR) is 79.5 cm³/mol. The quantitative estimate of drug-likeness (QED) is 0.811. The first kappa shape index (κ1) is 13.7. The second-order valence-electron chi connectivity index (χ2n) is 4.00. The van der Waals surface area contributed by atoms with Gasteiger partial charge in [-0.05, 0) is 42.8 Å². The molecule has 0 saturated carbocycles. The molecule has 0 aliphatic rings. The van der Waals surface area contributed by atoms with Gasteiger partial charge in [0.15, 0.2) is 5.75 Å². The number of benzene rings is 2. The molecule has 2 aromatic rings. The first-order valence-corrected chi connectivity index (χ1v) is 6.61. The number of nitrogen functional groups attached to an aromatic ring is 1. The number of hydrogen-bond acceptors (Lipinski definition) is 3. The van der Waals surface area contributed by atoms with E-state index >= 15 is 0 Å². The largest absolute Gasteiger partial charge is 0.453 e. The topological polar surface area (TPSA) is 59.0 Å². The lowest BCUT2D eigenvalue weighted by molar-refractivity contribution is 0.481. The van der Waals surface area contributed by atoms with E-state index in [1.165, 1.54) is 0 Å². The van der Waals surface area contributed by atoms with Gasteiger partial charge in [0.25, 0.3) is 0 Å². The van der Waals surface area contributed by atoms with E-state index < -0.39 is 0 Å². The Bertz CT molecular complexity index is 657. The minimum atomic E-state index is 0.376. The molecular formula is C14H10BrClN2O. The molecule has 0 saturated heterocycles. The lowest BCUT2D eigenvalue weighted by Gasteiger charge is -2.13. The SMILES string of the molecule is Cc1cc(Br)cc(N)c1Oc1ccc(C#N)cc1Cl. The maximum absolute atomic E-state index is 8.79. The molecule has 19 heavy (non-hydrogen) atoms. The van der Waals surface area contributed by atoms with Gasteiger partial charge in [-0.3, -0.25) is 0 Å². The third kappa shape index (κ3) is 3.01. The molecule has 0 fully saturated rings. The van der Waals surface area contributed by atoms with Crippen LogP contribution in [-0.4, -0.2) is 0 Å². The van der Waals surface area contributed by atoms with Crippen LogP contribution >= 0.6 is 27.5 Å². The second-order valence-corrected chi connectivity index (χ2v) is 5.32. The first-order valence-electron chi connectivity index (χ1n) is 5.44. The molecule has 3 nitrogen and oxygen atoms in total. The molecule has 0 amide bonds. The van der Waals surface area contributed by atoms with Crippen molar-refractivity contribution in [3.8, 4) is 17.6 Å². The summed E-state index contributed by atoms with van der Waals surface area (Å²) in [6.07, 6.45) is 0. The number of ether oxygens (including phenoxy) is 1. The van der Waals surface area contributed by atoms with Gasteiger partial charge in [0.05, 0.1) is 22.3 Å². The molecule has 0 unspecified atom stereocenters. The van der Waals surface area contributed by atoms with E-state index in [-0.39, 0.29) is 0 Å². The molecule has 0 radical (unpaired) electrons. The summed E-state index contributed by atoms with van der Waals surface area (Å²) in [4.78, 5) is 0. The van der Waals surface area contributed by atoms with Gasteiger partial charge >= 0.3 is 0 Å². The monoisotopic (exact) mass is 336 g/mol. The molecule has 2 rings (SSSR count). The number of nitriles is 1. The van der Waals surface area contributed by atoms with Crippen molar-refractivity contribution in [1.29, 1.82) is 5.26 Å².